The highest BCUT2D eigenvalue weighted by Crippen LogP contribution is 2.46. The van der Waals surface area contributed by atoms with Crippen LogP contribution in [-0.4, -0.2) is 4.98 Å². The van der Waals surface area contributed by atoms with Crippen LogP contribution < -0.4 is 0 Å². The molecular formula is C24H21F2N. The average molecular weight is 361 g/mol. The Morgan fingerprint density at radius 2 is 1.30 bits per heavy atom. The summed E-state index contributed by atoms with van der Waals surface area (Å²) in [5.41, 5.74) is 6.30. The molecule has 0 radical (unpaired) electrons. The van der Waals surface area contributed by atoms with Gasteiger partial charge in [-0.3, -0.25) is 0 Å². The number of hydrogen-bond acceptors (Lipinski definition) is 1. The fraction of sp³-hybridized carbons (Fsp3) is 0.292. The van der Waals surface area contributed by atoms with Crippen molar-refractivity contribution >= 4 is 0 Å². The number of halogens is 2. The van der Waals surface area contributed by atoms with Crippen LogP contribution in [0.1, 0.15) is 42.7 Å². The van der Waals surface area contributed by atoms with E-state index in [9.17, 15) is 8.78 Å². The zero-order chi connectivity index (χ0) is 18.4. The van der Waals surface area contributed by atoms with Crippen LogP contribution in [0.15, 0.2) is 54.6 Å². The van der Waals surface area contributed by atoms with E-state index in [-0.39, 0.29) is 11.6 Å². The Balaban J connectivity index is 1.68. The second kappa shape index (κ2) is 6.56. The lowest BCUT2D eigenvalue weighted by Gasteiger charge is -2.16. The first-order valence-electron chi connectivity index (χ1n) is 9.73. The molecule has 0 aliphatic heterocycles. The number of hydrogen-bond donors (Lipinski definition) is 0. The molecule has 27 heavy (non-hydrogen) atoms. The lowest BCUT2D eigenvalue weighted by Crippen LogP contribution is -2.02. The molecule has 0 bridgehead atoms. The Morgan fingerprint density at radius 1 is 0.741 bits per heavy atom. The second-order valence-electron chi connectivity index (χ2n) is 7.87. The van der Waals surface area contributed by atoms with Crippen LogP contribution in [0.5, 0.6) is 0 Å². The van der Waals surface area contributed by atoms with Gasteiger partial charge in [-0.2, -0.15) is 0 Å². The Hall–Kier alpha value is -2.55. The van der Waals surface area contributed by atoms with Gasteiger partial charge in [0.05, 0.1) is 11.4 Å². The van der Waals surface area contributed by atoms with Crippen molar-refractivity contribution in [2.45, 2.75) is 38.0 Å². The predicted octanol–water partition coefficient (Wildman–Crippen LogP) is 6.52. The molecule has 3 heteroatoms. The number of pyridine rings is 1. The smallest absolute Gasteiger partial charge is 0.123 e. The summed E-state index contributed by atoms with van der Waals surface area (Å²) in [7, 11) is 0. The zero-order valence-electron chi connectivity index (χ0n) is 15.1. The van der Waals surface area contributed by atoms with Crippen molar-refractivity contribution in [3.8, 4) is 22.5 Å². The van der Waals surface area contributed by atoms with Gasteiger partial charge >= 0.3 is 0 Å². The van der Waals surface area contributed by atoms with Gasteiger partial charge in [-0.15, -0.1) is 0 Å². The van der Waals surface area contributed by atoms with Crippen LogP contribution in [0, 0.1) is 17.6 Å². The van der Waals surface area contributed by atoms with Gasteiger partial charge in [0.1, 0.15) is 11.6 Å². The SMILES string of the molecule is Fc1ccc(-c2nc(-c3ccc(F)cc3)c(C3CC3)cc2CC2CC2)cc1. The number of nitrogens with zero attached hydrogens (tertiary/aromatic N) is 1. The Morgan fingerprint density at radius 3 is 1.81 bits per heavy atom. The summed E-state index contributed by atoms with van der Waals surface area (Å²) in [4.78, 5) is 5.07. The molecule has 0 unspecified atom stereocenters. The molecule has 0 spiro atoms. The summed E-state index contributed by atoms with van der Waals surface area (Å²) in [6.07, 6.45) is 5.97. The molecular weight excluding hydrogens is 340 g/mol. The minimum Gasteiger partial charge on any atom is -0.247 e. The zero-order valence-corrected chi connectivity index (χ0v) is 15.1. The quantitative estimate of drug-likeness (QED) is 0.504. The third-order valence-electron chi connectivity index (χ3n) is 5.59. The third kappa shape index (κ3) is 3.51. The van der Waals surface area contributed by atoms with Gasteiger partial charge < -0.3 is 0 Å². The Bertz CT molecular complexity index is 969. The topological polar surface area (TPSA) is 12.9 Å². The van der Waals surface area contributed by atoms with Crippen LogP contribution >= 0.6 is 0 Å². The first kappa shape index (κ1) is 16.6. The molecule has 0 N–H and O–H groups in total. The molecule has 1 aromatic heterocycles. The first-order valence-corrected chi connectivity index (χ1v) is 9.73. The average Bonchev–Trinajstić information content (AvgIpc) is 3.58. The first-order chi connectivity index (χ1) is 13.2. The summed E-state index contributed by atoms with van der Waals surface area (Å²) in [6, 6.07) is 15.5. The van der Waals surface area contributed by atoms with Crippen molar-refractivity contribution in [1.82, 2.24) is 4.98 Å². The maximum atomic E-state index is 13.4. The number of aromatic nitrogens is 1. The van der Waals surface area contributed by atoms with E-state index in [1.807, 2.05) is 0 Å². The summed E-state index contributed by atoms with van der Waals surface area (Å²) in [6.45, 7) is 0. The lowest BCUT2D eigenvalue weighted by atomic mass is 9.94. The molecule has 136 valence electrons. The maximum Gasteiger partial charge on any atom is 0.123 e. The molecule has 0 amide bonds. The number of rotatable bonds is 5. The van der Waals surface area contributed by atoms with Gasteiger partial charge in [0.15, 0.2) is 0 Å². The molecule has 2 aromatic carbocycles. The largest absolute Gasteiger partial charge is 0.247 e. The molecule has 3 aromatic rings. The summed E-state index contributed by atoms with van der Waals surface area (Å²) < 4.78 is 26.8. The van der Waals surface area contributed by atoms with E-state index < -0.39 is 0 Å². The van der Waals surface area contributed by atoms with E-state index in [1.54, 1.807) is 24.3 Å². The summed E-state index contributed by atoms with van der Waals surface area (Å²) in [5.74, 6) is 0.819. The molecule has 2 saturated carbocycles. The van der Waals surface area contributed by atoms with E-state index in [0.717, 1.165) is 34.9 Å². The van der Waals surface area contributed by atoms with E-state index in [1.165, 1.54) is 61.1 Å². The van der Waals surface area contributed by atoms with E-state index in [2.05, 4.69) is 6.07 Å². The molecule has 1 nitrogen and oxygen atoms in total. The van der Waals surface area contributed by atoms with Crippen molar-refractivity contribution in [3.05, 3.63) is 77.4 Å². The van der Waals surface area contributed by atoms with Crippen LogP contribution in [0.3, 0.4) is 0 Å². The van der Waals surface area contributed by atoms with Gasteiger partial charge in [0.2, 0.25) is 0 Å². The van der Waals surface area contributed by atoms with Crippen molar-refractivity contribution < 1.29 is 8.78 Å². The second-order valence-corrected chi connectivity index (χ2v) is 7.87. The maximum absolute atomic E-state index is 13.4. The fourth-order valence-corrected chi connectivity index (χ4v) is 3.76. The minimum atomic E-state index is -0.240. The number of benzene rings is 2. The highest BCUT2D eigenvalue weighted by atomic mass is 19.1. The third-order valence-corrected chi connectivity index (χ3v) is 5.59. The van der Waals surface area contributed by atoms with Crippen molar-refractivity contribution in [2.24, 2.45) is 5.92 Å². The summed E-state index contributed by atoms with van der Waals surface area (Å²) in [5, 5.41) is 0. The van der Waals surface area contributed by atoms with Gasteiger partial charge in [-0.1, -0.05) is 6.07 Å². The minimum absolute atomic E-state index is 0.240. The highest BCUT2D eigenvalue weighted by Gasteiger charge is 2.30. The molecule has 0 atom stereocenters. The predicted molar refractivity (Wildman–Crippen MR) is 103 cm³/mol. The van der Waals surface area contributed by atoms with Crippen LogP contribution in [0.2, 0.25) is 0 Å². The van der Waals surface area contributed by atoms with Crippen LogP contribution in [0.4, 0.5) is 8.78 Å². The Kier molecular flexibility index (Phi) is 4.04. The van der Waals surface area contributed by atoms with E-state index in [4.69, 9.17) is 4.98 Å². The highest BCUT2D eigenvalue weighted by molar-refractivity contribution is 5.72. The molecule has 2 fully saturated rings. The van der Waals surface area contributed by atoms with Gasteiger partial charge in [-0.05, 0) is 104 Å². The van der Waals surface area contributed by atoms with Crippen molar-refractivity contribution in [3.63, 3.8) is 0 Å². The molecule has 2 aliphatic carbocycles. The van der Waals surface area contributed by atoms with E-state index >= 15 is 0 Å². The molecule has 0 saturated heterocycles. The van der Waals surface area contributed by atoms with Crippen molar-refractivity contribution in [2.75, 3.05) is 0 Å². The van der Waals surface area contributed by atoms with Crippen LogP contribution in [0.25, 0.3) is 22.5 Å². The summed E-state index contributed by atoms with van der Waals surface area (Å²) >= 11 is 0. The van der Waals surface area contributed by atoms with Crippen LogP contribution in [-0.2, 0) is 6.42 Å². The van der Waals surface area contributed by atoms with Gasteiger partial charge in [-0.25, -0.2) is 13.8 Å². The molecule has 5 rings (SSSR count). The lowest BCUT2D eigenvalue weighted by molar-refractivity contribution is 0.627. The van der Waals surface area contributed by atoms with Gasteiger partial charge in [0, 0.05) is 11.1 Å². The van der Waals surface area contributed by atoms with E-state index in [0.29, 0.717) is 5.92 Å². The monoisotopic (exact) mass is 361 g/mol. The normalized spacial score (nSPS) is 16.5. The van der Waals surface area contributed by atoms with Crippen molar-refractivity contribution in [1.29, 1.82) is 0 Å². The Labute approximate surface area is 158 Å². The van der Waals surface area contributed by atoms with Gasteiger partial charge in [0.25, 0.3) is 0 Å². The fourth-order valence-electron chi connectivity index (χ4n) is 3.76. The standard InChI is InChI=1S/C24H21F2N/c25-20-9-5-17(6-10-20)23-19(13-15-1-2-15)14-22(16-3-4-16)24(27-23)18-7-11-21(26)12-8-18/h5-12,14-16H,1-4,13H2. The molecule has 1 heterocycles. The molecule has 2 aliphatic rings.